The van der Waals surface area contributed by atoms with Crippen LogP contribution in [0.25, 0.3) is 0 Å². The van der Waals surface area contributed by atoms with Gasteiger partial charge in [0.2, 0.25) is 5.91 Å². The molecule has 0 radical (unpaired) electrons. The number of hydrogen-bond donors (Lipinski definition) is 1. The van der Waals surface area contributed by atoms with Crippen LogP contribution < -0.4 is 5.32 Å². The zero-order valence-corrected chi connectivity index (χ0v) is 10.9. The molecule has 1 aromatic rings. The fraction of sp³-hybridized carbons (Fsp3) is 0.462. The van der Waals surface area contributed by atoms with Crippen LogP contribution in [0.5, 0.6) is 0 Å². The van der Waals surface area contributed by atoms with Gasteiger partial charge in [0, 0.05) is 11.6 Å². The third-order valence-electron chi connectivity index (χ3n) is 3.06. The van der Waals surface area contributed by atoms with E-state index < -0.39 is 0 Å². The lowest BCUT2D eigenvalue weighted by Gasteiger charge is -2.22. The molecule has 2 heterocycles. The first kappa shape index (κ1) is 13.2. The summed E-state index contributed by atoms with van der Waals surface area (Å²) in [5.74, 6) is 0.788. The number of carbonyl (C=O) groups is 1. The van der Waals surface area contributed by atoms with E-state index in [-0.39, 0.29) is 11.9 Å². The van der Waals surface area contributed by atoms with Crippen LogP contribution in [0.1, 0.15) is 18.6 Å². The molecule has 0 saturated carbocycles. The largest absolute Gasteiger partial charge is 0.467 e. The minimum atomic E-state index is -0.101. The topological polar surface area (TPSA) is 45.5 Å². The highest BCUT2D eigenvalue weighted by atomic mass is 35.5. The Kier molecular flexibility index (Phi) is 4.44. The van der Waals surface area contributed by atoms with Crippen LogP contribution in [0.2, 0.25) is 0 Å². The fourth-order valence-electron chi connectivity index (χ4n) is 2.24. The summed E-state index contributed by atoms with van der Waals surface area (Å²) < 4.78 is 5.17. The van der Waals surface area contributed by atoms with Crippen LogP contribution in [-0.2, 0) is 11.3 Å². The lowest BCUT2D eigenvalue weighted by Crippen LogP contribution is -2.43. The molecule has 1 saturated heterocycles. The zero-order valence-electron chi connectivity index (χ0n) is 10.2. The van der Waals surface area contributed by atoms with Gasteiger partial charge in [-0.1, -0.05) is 18.2 Å². The maximum Gasteiger partial charge on any atom is 0.237 e. The van der Waals surface area contributed by atoms with E-state index in [1.54, 1.807) is 12.3 Å². The van der Waals surface area contributed by atoms with E-state index in [0.717, 1.165) is 25.1 Å². The number of furan rings is 1. The molecule has 5 heteroatoms. The Morgan fingerprint density at radius 2 is 2.50 bits per heavy atom. The Morgan fingerprint density at radius 1 is 1.67 bits per heavy atom. The third-order valence-corrected chi connectivity index (χ3v) is 3.18. The van der Waals surface area contributed by atoms with Gasteiger partial charge in [0.05, 0.1) is 18.8 Å². The molecule has 0 bridgehead atoms. The number of likely N-dealkylation sites (tertiary alicyclic amines) is 1. The van der Waals surface area contributed by atoms with Crippen LogP contribution in [0, 0.1) is 0 Å². The van der Waals surface area contributed by atoms with Gasteiger partial charge in [-0.05, 0) is 31.5 Å². The van der Waals surface area contributed by atoms with Gasteiger partial charge in [-0.25, -0.2) is 0 Å². The molecule has 0 spiro atoms. The van der Waals surface area contributed by atoms with Crippen LogP contribution >= 0.6 is 11.6 Å². The minimum Gasteiger partial charge on any atom is -0.467 e. The third kappa shape index (κ3) is 3.37. The molecule has 1 aliphatic heterocycles. The molecular weight excluding hydrogens is 252 g/mol. The predicted molar refractivity (Wildman–Crippen MR) is 70.1 cm³/mol. The fourth-order valence-corrected chi connectivity index (χ4v) is 2.39. The number of nitrogens with one attached hydrogen (secondary N) is 1. The van der Waals surface area contributed by atoms with E-state index in [1.807, 2.05) is 6.07 Å². The highest BCUT2D eigenvalue weighted by molar-refractivity contribution is 6.29. The first-order valence-corrected chi connectivity index (χ1v) is 6.42. The summed E-state index contributed by atoms with van der Waals surface area (Å²) in [5, 5.41) is 3.45. The van der Waals surface area contributed by atoms with Crippen molar-refractivity contribution in [2.24, 2.45) is 0 Å². The Labute approximate surface area is 112 Å². The molecule has 1 N–H and O–H groups in total. The van der Waals surface area contributed by atoms with E-state index in [9.17, 15) is 4.79 Å². The molecule has 1 aromatic heterocycles. The quantitative estimate of drug-likeness (QED) is 0.890. The van der Waals surface area contributed by atoms with Gasteiger partial charge in [0.25, 0.3) is 0 Å². The molecule has 0 aliphatic carbocycles. The maximum atomic E-state index is 12.1. The molecule has 4 nitrogen and oxygen atoms in total. The van der Waals surface area contributed by atoms with E-state index in [2.05, 4.69) is 16.8 Å². The molecule has 1 atom stereocenters. The van der Waals surface area contributed by atoms with Gasteiger partial charge in [0.1, 0.15) is 5.76 Å². The van der Waals surface area contributed by atoms with Crippen molar-refractivity contribution in [1.82, 2.24) is 10.2 Å². The van der Waals surface area contributed by atoms with E-state index >= 15 is 0 Å². The summed E-state index contributed by atoms with van der Waals surface area (Å²) >= 11 is 5.80. The lowest BCUT2D eigenvalue weighted by atomic mass is 10.2. The van der Waals surface area contributed by atoms with Gasteiger partial charge in [-0.2, -0.15) is 0 Å². The van der Waals surface area contributed by atoms with Crippen molar-refractivity contribution in [1.29, 1.82) is 0 Å². The van der Waals surface area contributed by atoms with E-state index in [1.165, 1.54) is 0 Å². The highest BCUT2D eigenvalue weighted by Crippen LogP contribution is 2.19. The predicted octanol–water partition coefficient (Wildman–Crippen LogP) is 2.11. The van der Waals surface area contributed by atoms with Crippen molar-refractivity contribution in [2.75, 3.05) is 13.1 Å². The Morgan fingerprint density at radius 3 is 3.17 bits per heavy atom. The van der Waals surface area contributed by atoms with Crippen LogP contribution in [0.3, 0.4) is 0 Å². The highest BCUT2D eigenvalue weighted by Gasteiger charge is 2.30. The standard InChI is InChI=1S/C13H17ClN2O2/c1-10(14)9-16-6-2-5-12(16)13(17)15-8-11-4-3-7-18-11/h3-4,7,12H,1-2,5-6,8-9H2,(H,15,17)/t12-/m1/s1. The lowest BCUT2D eigenvalue weighted by molar-refractivity contribution is -0.125. The summed E-state index contributed by atoms with van der Waals surface area (Å²) in [7, 11) is 0. The SMILES string of the molecule is C=C(Cl)CN1CCC[C@@H]1C(=O)NCc1ccco1. The van der Waals surface area contributed by atoms with Crippen molar-refractivity contribution in [2.45, 2.75) is 25.4 Å². The summed E-state index contributed by atoms with van der Waals surface area (Å²) in [6.07, 6.45) is 3.48. The average molecular weight is 269 g/mol. The second kappa shape index (κ2) is 6.07. The average Bonchev–Trinajstić information content (AvgIpc) is 2.95. The van der Waals surface area contributed by atoms with E-state index in [4.69, 9.17) is 16.0 Å². The molecule has 2 rings (SSSR count). The molecule has 0 aromatic carbocycles. The summed E-state index contributed by atoms with van der Waals surface area (Å²) in [4.78, 5) is 14.1. The summed E-state index contributed by atoms with van der Waals surface area (Å²) in [6, 6.07) is 3.55. The van der Waals surface area contributed by atoms with Crippen LogP contribution in [-0.4, -0.2) is 29.9 Å². The second-order valence-corrected chi connectivity index (χ2v) is 4.98. The molecule has 18 heavy (non-hydrogen) atoms. The number of hydrogen-bond acceptors (Lipinski definition) is 3. The van der Waals surface area contributed by atoms with Crippen molar-refractivity contribution in [3.05, 3.63) is 35.8 Å². The van der Waals surface area contributed by atoms with Gasteiger partial charge < -0.3 is 9.73 Å². The first-order chi connectivity index (χ1) is 8.66. The Bertz CT molecular complexity index is 417. The Balaban J connectivity index is 1.85. The summed E-state index contributed by atoms with van der Waals surface area (Å²) in [5.41, 5.74) is 0. The smallest absolute Gasteiger partial charge is 0.237 e. The van der Waals surface area contributed by atoms with Crippen LogP contribution in [0.4, 0.5) is 0 Å². The second-order valence-electron chi connectivity index (χ2n) is 4.44. The van der Waals surface area contributed by atoms with Crippen molar-refractivity contribution >= 4 is 17.5 Å². The first-order valence-electron chi connectivity index (χ1n) is 6.04. The van der Waals surface area contributed by atoms with Gasteiger partial charge in [0.15, 0.2) is 0 Å². The summed E-state index contributed by atoms with van der Waals surface area (Å²) in [6.45, 7) is 5.57. The normalized spacial score (nSPS) is 19.9. The molecule has 1 fully saturated rings. The molecule has 1 amide bonds. The van der Waals surface area contributed by atoms with Crippen molar-refractivity contribution in [3.63, 3.8) is 0 Å². The molecular formula is C13H17ClN2O2. The van der Waals surface area contributed by atoms with Crippen molar-refractivity contribution < 1.29 is 9.21 Å². The minimum absolute atomic E-state index is 0.0295. The number of nitrogens with zero attached hydrogens (tertiary/aromatic N) is 1. The number of halogens is 1. The number of carbonyl (C=O) groups excluding carboxylic acids is 1. The molecule has 1 aliphatic rings. The monoisotopic (exact) mass is 268 g/mol. The van der Waals surface area contributed by atoms with Gasteiger partial charge in [-0.15, -0.1) is 0 Å². The van der Waals surface area contributed by atoms with Gasteiger partial charge >= 0.3 is 0 Å². The maximum absolute atomic E-state index is 12.1. The van der Waals surface area contributed by atoms with E-state index in [0.29, 0.717) is 18.1 Å². The van der Waals surface area contributed by atoms with Crippen molar-refractivity contribution in [3.8, 4) is 0 Å². The number of amides is 1. The zero-order chi connectivity index (χ0) is 13.0. The van der Waals surface area contributed by atoms with Gasteiger partial charge in [-0.3, -0.25) is 9.69 Å². The molecule has 0 unspecified atom stereocenters. The molecule has 98 valence electrons. The van der Waals surface area contributed by atoms with Crippen LogP contribution in [0.15, 0.2) is 34.4 Å². The number of rotatable bonds is 5. The Hall–Kier alpha value is -1.26.